The molecular weight excluding hydrogens is 242 g/mol. The molecule has 0 aliphatic heterocycles. The quantitative estimate of drug-likeness (QED) is 0.483. The predicted octanol–water partition coefficient (Wildman–Crippen LogP) is 2.51. The fourth-order valence-corrected chi connectivity index (χ4v) is 1.49. The topological polar surface area (TPSA) is 61.5 Å². The first-order valence-corrected chi connectivity index (χ1v) is 5.74. The highest BCUT2D eigenvalue weighted by Crippen LogP contribution is 2.19. The van der Waals surface area contributed by atoms with E-state index >= 15 is 0 Å². The number of hydrogen-bond acceptors (Lipinski definition) is 4. The molecule has 4 nitrogen and oxygen atoms in total. The van der Waals surface area contributed by atoms with Crippen molar-refractivity contribution >= 4 is 23.3 Å². The molecule has 1 rings (SSSR count). The molecule has 0 bridgehead atoms. The van der Waals surface area contributed by atoms with Crippen molar-refractivity contribution in [3.05, 3.63) is 28.8 Å². The molecular formula is C12H16ClNO3. The average Bonchev–Trinajstić information content (AvgIpc) is 2.32. The van der Waals surface area contributed by atoms with Crippen LogP contribution in [-0.2, 0) is 9.47 Å². The van der Waals surface area contributed by atoms with Gasteiger partial charge in [0.25, 0.3) is 0 Å². The summed E-state index contributed by atoms with van der Waals surface area (Å²) < 4.78 is 9.97. The highest BCUT2D eigenvalue weighted by Gasteiger charge is 2.11. The van der Waals surface area contributed by atoms with Gasteiger partial charge >= 0.3 is 5.97 Å². The molecule has 5 heteroatoms. The number of benzene rings is 1. The predicted molar refractivity (Wildman–Crippen MR) is 67.3 cm³/mol. The van der Waals surface area contributed by atoms with Crippen molar-refractivity contribution in [2.45, 2.75) is 12.8 Å². The van der Waals surface area contributed by atoms with E-state index in [1.165, 1.54) is 6.07 Å². The van der Waals surface area contributed by atoms with Gasteiger partial charge in [-0.05, 0) is 31.0 Å². The lowest BCUT2D eigenvalue weighted by atomic mass is 10.2. The monoisotopic (exact) mass is 257 g/mol. The number of unbranched alkanes of at least 4 members (excludes halogenated alkanes) is 1. The maximum atomic E-state index is 11.7. The summed E-state index contributed by atoms with van der Waals surface area (Å²) in [6.07, 6.45) is 1.62. The molecule has 0 aliphatic carbocycles. The van der Waals surface area contributed by atoms with Gasteiger partial charge in [-0.1, -0.05) is 11.6 Å². The fourth-order valence-electron chi connectivity index (χ4n) is 1.29. The van der Waals surface area contributed by atoms with E-state index in [0.717, 1.165) is 12.8 Å². The van der Waals surface area contributed by atoms with Gasteiger partial charge in [0, 0.05) is 19.4 Å². The van der Waals surface area contributed by atoms with Crippen molar-refractivity contribution in [2.75, 3.05) is 26.1 Å². The summed E-state index contributed by atoms with van der Waals surface area (Å²) in [5.74, 6) is -0.445. The number of methoxy groups -OCH3 is 1. The molecule has 0 radical (unpaired) electrons. The number of anilines is 1. The van der Waals surface area contributed by atoms with Crippen molar-refractivity contribution in [1.82, 2.24) is 0 Å². The van der Waals surface area contributed by atoms with Crippen molar-refractivity contribution in [3.63, 3.8) is 0 Å². The number of hydrogen-bond donors (Lipinski definition) is 1. The molecule has 0 spiro atoms. The van der Waals surface area contributed by atoms with E-state index in [2.05, 4.69) is 0 Å². The molecule has 17 heavy (non-hydrogen) atoms. The Morgan fingerprint density at radius 2 is 2.06 bits per heavy atom. The maximum Gasteiger partial charge on any atom is 0.339 e. The largest absolute Gasteiger partial charge is 0.462 e. The van der Waals surface area contributed by atoms with E-state index in [0.29, 0.717) is 29.5 Å². The van der Waals surface area contributed by atoms with E-state index in [9.17, 15) is 4.79 Å². The maximum absolute atomic E-state index is 11.7. The fraction of sp³-hybridized carbons (Fsp3) is 0.417. The molecule has 0 saturated carbocycles. The second-order valence-corrected chi connectivity index (χ2v) is 3.98. The zero-order chi connectivity index (χ0) is 12.7. The highest BCUT2D eigenvalue weighted by molar-refractivity contribution is 6.33. The Balaban J connectivity index is 2.44. The minimum atomic E-state index is -0.445. The summed E-state index contributed by atoms with van der Waals surface area (Å²) >= 11 is 5.88. The molecule has 0 amide bonds. The number of nitrogens with two attached hydrogens (primary N) is 1. The third-order valence-corrected chi connectivity index (χ3v) is 2.52. The SMILES string of the molecule is COCCCCOC(=O)c1cc(N)ccc1Cl. The molecule has 0 aliphatic rings. The Morgan fingerprint density at radius 3 is 2.76 bits per heavy atom. The van der Waals surface area contributed by atoms with Crippen LogP contribution in [-0.4, -0.2) is 26.3 Å². The standard InChI is InChI=1S/C12H16ClNO3/c1-16-6-2-3-7-17-12(15)10-8-9(14)4-5-11(10)13/h4-5,8H,2-3,6-7,14H2,1H3. The number of carbonyl (C=O) groups excluding carboxylic acids is 1. The molecule has 0 heterocycles. The van der Waals surface area contributed by atoms with Crippen LogP contribution in [0.5, 0.6) is 0 Å². The lowest BCUT2D eigenvalue weighted by Crippen LogP contribution is -2.08. The third-order valence-electron chi connectivity index (χ3n) is 2.19. The molecule has 0 atom stereocenters. The molecule has 1 aromatic carbocycles. The molecule has 0 aromatic heterocycles. The van der Waals surface area contributed by atoms with Gasteiger partial charge in [0.1, 0.15) is 0 Å². The van der Waals surface area contributed by atoms with E-state index in [4.69, 9.17) is 26.8 Å². The van der Waals surface area contributed by atoms with Crippen LogP contribution in [0.3, 0.4) is 0 Å². The summed E-state index contributed by atoms with van der Waals surface area (Å²) in [7, 11) is 1.64. The smallest absolute Gasteiger partial charge is 0.339 e. The lowest BCUT2D eigenvalue weighted by Gasteiger charge is -2.06. The van der Waals surface area contributed by atoms with Crippen molar-refractivity contribution in [3.8, 4) is 0 Å². The Morgan fingerprint density at radius 1 is 1.35 bits per heavy atom. The van der Waals surface area contributed by atoms with Gasteiger partial charge in [-0.3, -0.25) is 0 Å². The van der Waals surface area contributed by atoms with Crippen LogP contribution in [0.4, 0.5) is 5.69 Å². The normalized spacial score (nSPS) is 10.2. The van der Waals surface area contributed by atoms with Crippen LogP contribution in [0.2, 0.25) is 5.02 Å². The summed E-state index contributed by atoms with van der Waals surface area (Å²) in [5, 5.41) is 0.348. The molecule has 94 valence electrons. The average molecular weight is 258 g/mol. The first kappa shape index (κ1) is 13.8. The van der Waals surface area contributed by atoms with E-state index in [1.807, 2.05) is 0 Å². The van der Waals surface area contributed by atoms with Crippen LogP contribution in [0.25, 0.3) is 0 Å². The third kappa shape index (κ3) is 4.63. The molecule has 1 aromatic rings. The van der Waals surface area contributed by atoms with Crippen LogP contribution in [0.1, 0.15) is 23.2 Å². The van der Waals surface area contributed by atoms with E-state index < -0.39 is 5.97 Å². The molecule has 2 N–H and O–H groups in total. The van der Waals surface area contributed by atoms with E-state index in [-0.39, 0.29) is 0 Å². The first-order valence-electron chi connectivity index (χ1n) is 5.36. The molecule has 0 saturated heterocycles. The summed E-state index contributed by atoms with van der Waals surface area (Å²) in [6, 6.07) is 4.73. The van der Waals surface area contributed by atoms with Gasteiger partial charge in [0.05, 0.1) is 17.2 Å². The first-order chi connectivity index (χ1) is 8.15. The number of carbonyl (C=O) groups is 1. The number of rotatable bonds is 6. The van der Waals surface area contributed by atoms with Crippen molar-refractivity contribution in [2.24, 2.45) is 0 Å². The second kappa shape index (κ2) is 7.14. The summed E-state index contributed by atoms with van der Waals surface area (Å²) in [4.78, 5) is 11.7. The minimum Gasteiger partial charge on any atom is -0.462 e. The number of nitrogen functional groups attached to an aromatic ring is 1. The second-order valence-electron chi connectivity index (χ2n) is 3.58. The summed E-state index contributed by atoms with van der Waals surface area (Å²) in [6.45, 7) is 1.02. The van der Waals surface area contributed by atoms with Gasteiger partial charge < -0.3 is 15.2 Å². The number of esters is 1. The minimum absolute atomic E-state index is 0.304. The Kier molecular flexibility index (Phi) is 5.80. The van der Waals surface area contributed by atoms with E-state index in [1.54, 1.807) is 19.2 Å². The Bertz CT molecular complexity index is 382. The summed E-state index contributed by atoms with van der Waals surface area (Å²) in [5.41, 5.74) is 6.37. The zero-order valence-electron chi connectivity index (χ0n) is 9.74. The number of halogens is 1. The molecule has 0 fully saturated rings. The van der Waals surface area contributed by atoms with Crippen LogP contribution in [0, 0.1) is 0 Å². The Hall–Kier alpha value is -1.26. The van der Waals surface area contributed by atoms with Crippen LogP contribution < -0.4 is 5.73 Å². The van der Waals surface area contributed by atoms with Crippen LogP contribution >= 0.6 is 11.6 Å². The van der Waals surface area contributed by atoms with Crippen molar-refractivity contribution < 1.29 is 14.3 Å². The van der Waals surface area contributed by atoms with Crippen molar-refractivity contribution in [1.29, 1.82) is 0 Å². The Labute approximate surface area is 106 Å². The highest BCUT2D eigenvalue weighted by atomic mass is 35.5. The van der Waals surface area contributed by atoms with Gasteiger partial charge in [-0.25, -0.2) is 4.79 Å². The number of ether oxygens (including phenoxy) is 2. The van der Waals surface area contributed by atoms with Crippen LogP contribution in [0.15, 0.2) is 18.2 Å². The van der Waals surface area contributed by atoms with Gasteiger partial charge in [-0.2, -0.15) is 0 Å². The zero-order valence-corrected chi connectivity index (χ0v) is 10.5. The molecule has 0 unspecified atom stereocenters. The van der Waals surface area contributed by atoms with Gasteiger partial charge in [0.15, 0.2) is 0 Å². The van der Waals surface area contributed by atoms with Gasteiger partial charge in [0.2, 0.25) is 0 Å². The lowest BCUT2D eigenvalue weighted by molar-refractivity contribution is 0.0489. The van der Waals surface area contributed by atoms with Gasteiger partial charge in [-0.15, -0.1) is 0 Å².